The molecule has 5 heteroatoms. The van der Waals surface area contributed by atoms with Gasteiger partial charge in [-0.3, -0.25) is 9.69 Å². The summed E-state index contributed by atoms with van der Waals surface area (Å²) >= 11 is 0. The van der Waals surface area contributed by atoms with E-state index in [2.05, 4.69) is 0 Å². The minimum Gasteiger partial charge on any atom is -0.364 e. The Morgan fingerprint density at radius 2 is 1.95 bits per heavy atom. The van der Waals surface area contributed by atoms with Crippen molar-refractivity contribution in [3.05, 3.63) is 35.9 Å². The van der Waals surface area contributed by atoms with Crippen LogP contribution < -0.4 is 5.73 Å². The molecule has 0 radical (unpaired) electrons. The van der Waals surface area contributed by atoms with Crippen molar-refractivity contribution in [2.75, 3.05) is 6.54 Å². The second-order valence-corrected chi connectivity index (χ2v) is 4.85. The van der Waals surface area contributed by atoms with Crippen LogP contribution in [0.15, 0.2) is 30.3 Å². The fourth-order valence-corrected chi connectivity index (χ4v) is 2.47. The van der Waals surface area contributed by atoms with Gasteiger partial charge in [-0.1, -0.05) is 30.3 Å². The van der Waals surface area contributed by atoms with E-state index in [1.807, 2.05) is 30.3 Å². The molecule has 1 fully saturated rings. The normalized spacial score (nSPS) is 23.1. The van der Waals surface area contributed by atoms with Crippen molar-refractivity contribution >= 4 is 11.8 Å². The number of nitrogens with zero attached hydrogens (tertiary/aromatic N) is 1. The third kappa shape index (κ3) is 2.76. The topological polar surface area (TPSA) is 83.6 Å². The fraction of sp³-hybridized carbons (Fsp3) is 0.429. The molecular weight excluding hydrogens is 244 g/mol. The molecule has 0 bridgehead atoms. The lowest BCUT2D eigenvalue weighted by Crippen LogP contribution is -2.61. The lowest BCUT2D eigenvalue weighted by atomic mass is 9.91. The molecule has 0 saturated carbocycles. The summed E-state index contributed by atoms with van der Waals surface area (Å²) in [4.78, 5) is 24.8. The molecule has 1 unspecified atom stereocenters. The molecule has 19 heavy (non-hydrogen) atoms. The Balaban J connectivity index is 2.17. The van der Waals surface area contributed by atoms with Crippen LogP contribution in [0.1, 0.15) is 24.8 Å². The number of nitrogens with two attached hydrogens (primary N) is 1. The highest BCUT2D eigenvalue weighted by Crippen LogP contribution is 2.27. The minimum absolute atomic E-state index is 0.0983. The summed E-state index contributed by atoms with van der Waals surface area (Å²) in [5, 5.41) is 10.5. The number of rotatable bonds is 3. The largest absolute Gasteiger partial charge is 0.364 e. The van der Waals surface area contributed by atoms with Crippen molar-refractivity contribution in [1.82, 2.24) is 4.90 Å². The van der Waals surface area contributed by atoms with E-state index in [-0.39, 0.29) is 18.6 Å². The number of carbonyl (C=O) groups excluding carboxylic acids is 2. The maximum Gasteiger partial charge on any atom is 0.317 e. The van der Waals surface area contributed by atoms with E-state index in [1.54, 1.807) is 0 Å². The predicted octanol–water partition coefficient (Wildman–Crippen LogP) is 1.05. The molecule has 102 valence electrons. The number of Topliss-reactive ketones (excluding diaryl/α,β-unsaturated/α-hetero) is 1. The van der Waals surface area contributed by atoms with Crippen LogP contribution in [-0.4, -0.2) is 34.1 Å². The Morgan fingerprint density at radius 3 is 2.58 bits per heavy atom. The number of urea groups is 1. The number of ketones is 1. The fourth-order valence-electron chi connectivity index (χ4n) is 2.47. The molecule has 1 heterocycles. The maximum atomic E-state index is 12.3. The molecule has 1 aromatic carbocycles. The Bertz CT molecular complexity index is 475. The van der Waals surface area contributed by atoms with Gasteiger partial charge in [0.05, 0.1) is 0 Å². The van der Waals surface area contributed by atoms with E-state index < -0.39 is 11.8 Å². The zero-order chi connectivity index (χ0) is 13.9. The third-order valence-electron chi connectivity index (χ3n) is 3.52. The Labute approximate surface area is 112 Å². The molecule has 1 saturated heterocycles. The number of aliphatic hydroxyl groups is 1. The molecule has 1 atom stereocenters. The number of likely N-dealkylation sites (tertiary alicyclic amines) is 1. The van der Waals surface area contributed by atoms with Crippen LogP contribution in [0.5, 0.6) is 0 Å². The molecule has 0 aromatic heterocycles. The van der Waals surface area contributed by atoms with Gasteiger partial charge in [0.25, 0.3) is 0 Å². The molecule has 2 rings (SSSR count). The van der Waals surface area contributed by atoms with Crippen LogP contribution in [0, 0.1) is 0 Å². The van der Waals surface area contributed by atoms with Crippen LogP contribution in [0.2, 0.25) is 0 Å². The van der Waals surface area contributed by atoms with Crippen molar-refractivity contribution in [3.63, 3.8) is 0 Å². The van der Waals surface area contributed by atoms with Gasteiger partial charge in [-0.2, -0.15) is 0 Å². The quantitative estimate of drug-likeness (QED) is 0.854. The SMILES string of the molecule is NC(=O)N1CCCCC1(O)C(=O)Cc1ccccc1. The van der Waals surface area contributed by atoms with Crippen molar-refractivity contribution < 1.29 is 14.7 Å². The van der Waals surface area contributed by atoms with Gasteiger partial charge in [0.15, 0.2) is 5.78 Å². The number of hydrogen-bond acceptors (Lipinski definition) is 3. The van der Waals surface area contributed by atoms with Gasteiger partial charge < -0.3 is 10.8 Å². The molecule has 1 aliphatic heterocycles. The number of amides is 2. The first-order valence-corrected chi connectivity index (χ1v) is 6.41. The van der Waals surface area contributed by atoms with Gasteiger partial charge in [-0.15, -0.1) is 0 Å². The van der Waals surface area contributed by atoms with E-state index in [0.29, 0.717) is 13.0 Å². The highest BCUT2D eigenvalue weighted by atomic mass is 16.3. The minimum atomic E-state index is -1.75. The summed E-state index contributed by atoms with van der Waals surface area (Å²) in [6.07, 6.45) is 1.81. The standard InChI is InChI=1S/C14H18N2O3/c15-13(18)16-9-5-4-8-14(16,19)12(17)10-11-6-2-1-3-7-11/h1-3,6-7,19H,4-5,8-10H2,(H2,15,18). The molecule has 1 aliphatic rings. The molecular formula is C14H18N2O3. The third-order valence-corrected chi connectivity index (χ3v) is 3.52. The second kappa shape index (κ2) is 5.40. The number of carbonyl (C=O) groups is 2. The number of primary amides is 1. The average Bonchev–Trinajstić information content (AvgIpc) is 2.40. The molecule has 2 amide bonds. The van der Waals surface area contributed by atoms with Crippen molar-refractivity contribution in [3.8, 4) is 0 Å². The van der Waals surface area contributed by atoms with Crippen LogP contribution >= 0.6 is 0 Å². The summed E-state index contributed by atoms with van der Waals surface area (Å²) in [5.74, 6) is -0.378. The Hall–Kier alpha value is -1.88. The van der Waals surface area contributed by atoms with Gasteiger partial charge in [0.1, 0.15) is 0 Å². The van der Waals surface area contributed by atoms with E-state index in [0.717, 1.165) is 16.9 Å². The van der Waals surface area contributed by atoms with Gasteiger partial charge in [0.2, 0.25) is 5.72 Å². The number of piperidine rings is 1. The van der Waals surface area contributed by atoms with Gasteiger partial charge in [-0.25, -0.2) is 4.79 Å². The average molecular weight is 262 g/mol. The van der Waals surface area contributed by atoms with E-state index in [4.69, 9.17) is 5.73 Å². The first-order chi connectivity index (χ1) is 9.04. The smallest absolute Gasteiger partial charge is 0.317 e. The molecule has 3 N–H and O–H groups in total. The molecule has 1 aromatic rings. The zero-order valence-electron chi connectivity index (χ0n) is 10.7. The van der Waals surface area contributed by atoms with E-state index in [9.17, 15) is 14.7 Å². The number of hydrogen-bond donors (Lipinski definition) is 2. The van der Waals surface area contributed by atoms with Crippen molar-refractivity contribution in [1.29, 1.82) is 0 Å². The van der Waals surface area contributed by atoms with E-state index >= 15 is 0 Å². The summed E-state index contributed by atoms with van der Waals surface area (Å²) in [6.45, 7) is 0.326. The summed E-state index contributed by atoms with van der Waals surface area (Å²) in [5.41, 5.74) is 4.31. The van der Waals surface area contributed by atoms with Crippen LogP contribution in [0.25, 0.3) is 0 Å². The Morgan fingerprint density at radius 1 is 1.26 bits per heavy atom. The highest BCUT2D eigenvalue weighted by molar-refractivity contribution is 5.92. The monoisotopic (exact) mass is 262 g/mol. The highest BCUT2D eigenvalue weighted by Gasteiger charge is 2.44. The molecule has 0 spiro atoms. The summed E-state index contributed by atoms with van der Waals surface area (Å²) < 4.78 is 0. The van der Waals surface area contributed by atoms with Crippen LogP contribution in [-0.2, 0) is 11.2 Å². The molecule has 0 aliphatic carbocycles. The summed E-state index contributed by atoms with van der Waals surface area (Å²) in [7, 11) is 0. The van der Waals surface area contributed by atoms with Gasteiger partial charge >= 0.3 is 6.03 Å². The lowest BCUT2D eigenvalue weighted by Gasteiger charge is -2.40. The van der Waals surface area contributed by atoms with Crippen LogP contribution in [0.3, 0.4) is 0 Å². The van der Waals surface area contributed by atoms with Gasteiger partial charge in [-0.05, 0) is 18.4 Å². The van der Waals surface area contributed by atoms with E-state index in [1.165, 1.54) is 0 Å². The predicted molar refractivity (Wildman–Crippen MR) is 70.2 cm³/mol. The first-order valence-electron chi connectivity index (χ1n) is 6.41. The van der Waals surface area contributed by atoms with Gasteiger partial charge in [0, 0.05) is 19.4 Å². The first kappa shape index (κ1) is 13.5. The molecule has 5 nitrogen and oxygen atoms in total. The maximum absolute atomic E-state index is 12.3. The van der Waals surface area contributed by atoms with Crippen molar-refractivity contribution in [2.24, 2.45) is 5.73 Å². The number of benzene rings is 1. The van der Waals surface area contributed by atoms with Crippen molar-refractivity contribution in [2.45, 2.75) is 31.4 Å². The second-order valence-electron chi connectivity index (χ2n) is 4.85. The lowest BCUT2D eigenvalue weighted by molar-refractivity contribution is -0.159. The van der Waals surface area contributed by atoms with Crippen LogP contribution in [0.4, 0.5) is 4.79 Å². The zero-order valence-corrected chi connectivity index (χ0v) is 10.7. The Kier molecular flexibility index (Phi) is 3.85. The summed E-state index contributed by atoms with van der Waals surface area (Å²) in [6, 6.07) is 8.42.